The first-order valence-electron chi connectivity index (χ1n) is 10.5. The summed E-state index contributed by atoms with van der Waals surface area (Å²) < 4.78 is 33.2. The van der Waals surface area contributed by atoms with Crippen LogP contribution in [0.15, 0.2) is 23.1 Å². The Morgan fingerprint density at radius 3 is 2.25 bits per heavy atom. The Bertz CT molecular complexity index is 1150. The standard InChI is InChI=1S/C17H14ClF2N3O4.C4H10O.2C2H2/c1-22-4-5-23-7-9(14(24)15(25)13(23)17(22)27)16(26)21-6-8-2-3-10(19)11(18)12(8)20;1-3-5-4-2;2*1-2/h2-3,7,25H,4-6H2,1H3,(H,21,26);3-4H2,1-2H3;2*1-2H. The van der Waals surface area contributed by atoms with Crippen LogP contribution in [-0.2, 0) is 17.8 Å². The highest BCUT2D eigenvalue weighted by Crippen LogP contribution is 2.22. The number of terminal acetylenes is 2. The lowest BCUT2D eigenvalue weighted by atomic mass is 10.1. The van der Waals surface area contributed by atoms with Crippen LogP contribution in [0.3, 0.4) is 0 Å². The number of halogens is 3. The number of ether oxygens (including phenoxy) is 1. The number of benzene rings is 1. The minimum atomic E-state index is -1.02. The molecule has 8 nitrogen and oxygen atoms in total. The summed E-state index contributed by atoms with van der Waals surface area (Å²) in [5, 5.41) is 11.7. The smallest absolute Gasteiger partial charge is 0.274 e. The number of hydrogen-bond acceptors (Lipinski definition) is 5. The maximum absolute atomic E-state index is 13.9. The molecular weight excluding hydrogens is 496 g/mol. The predicted octanol–water partition coefficient (Wildman–Crippen LogP) is 3.04. The number of carbonyl (C=O) groups excluding carboxylic acids is 2. The highest BCUT2D eigenvalue weighted by Gasteiger charge is 2.29. The second-order valence-corrected chi connectivity index (χ2v) is 7.17. The van der Waals surface area contributed by atoms with E-state index in [-0.39, 0.29) is 24.3 Å². The number of carbonyl (C=O) groups is 2. The number of likely N-dealkylation sites (N-methyl/N-ethyl adjacent to an activating group) is 1. The van der Waals surface area contributed by atoms with Crippen molar-refractivity contribution < 1.29 is 28.2 Å². The lowest BCUT2D eigenvalue weighted by molar-refractivity contribution is 0.0740. The summed E-state index contributed by atoms with van der Waals surface area (Å²) in [6.45, 7) is 5.94. The first-order chi connectivity index (χ1) is 17.1. The molecule has 2 amide bonds. The van der Waals surface area contributed by atoms with Gasteiger partial charge in [-0.3, -0.25) is 14.4 Å². The molecule has 1 aromatic carbocycles. The second-order valence-electron chi connectivity index (χ2n) is 6.79. The lowest BCUT2D eigenvalue weighted by Crippen LogP contribution is -2.40. The summed E-state index contributed by atoms with van der Waals surface area (Å²) >= 11 is 5.48. The van der Waals surface area contributed by atoms with Gasteiger partial charge in [0, 0.05) is 51.7 Å². The summed E-state index contributed by atoms with van der Waals surface area (Å²) in [4.78, 5) is 38.0. The van der Waals surface area contributed by atoms with Crippen LogP contribution in [0.4, 0.5) is 8.78 Å². The number of nitrogens with zero attached hydrogens (tertiary/aromatic N) is 2. The quantitative estimate of drug-likeness (QED) is 0.463. The van der Waals surface area contributed by atoms with Crippen molar-refractivity contribution in [2.45, 2.75) is 26.9 Å². The molecule has 2 aromatic rings. The normalized spacial score (nSPS) is 11.4. The van der Waals surface area contributed by atoms with Crippen molar-refractivity contribution in [3.8, 4) is 31.4 Å². The second kappa shape index (κ2) is 15.9. The van der Waals surface area contributed by atoms with Crippen LogP contribution in [0.5, 0.6) is 5.75 Å². The van der Waals surface area contributed by atoms with E-state index in [0.29, 0.717) is 6.54 Å². The maximum atomic E-state index is 13.9. The van der Waals surface area contributed by atoms with Crippen molar-refractivity contribution in [1.29, 1.82) is 0 Å². The SMILES string of the molecule is C#C.C#C.CCOCC.CN1CCn2cc(C(=O)NCc3ccc(F)c(Cl)c3F)c(=O)c(O)c2C1=O. The molecule has 0 atom stereocenters. The minimum Gasteiger partial charge on any atom is -0.503 e. The third kappa shape index (κ3) is 7.84. The molecule has 36 heavy (non-hydrogen) atoms. The Morgan fingerprint density at radius 1 is 1.14 bits per heavy atom. The molecule has 0 aliphatic carbocycles. The molecule has 1 aliphatic heterocycles. The van der Waals surface area contributed by atoms with Gasteiger partial charge in [-0.05, 0) is 19.9 Å². The molecule has 1 aromatic heterocycles. The molecule has 0 unspecified atom stereocenters. The summed E-state index contributed by atoms with van der Waals surface area (Å²) in [5.74, 6) is -4.19. The molecule has 0 saturated heterocycles. The number of aromatic nitrogens is 1. The van der Waals surface area contributed by atoms with Gasteiger partial charge in [0.25, 0.3) is 11.8 Å². The zero-order valence-electron chi connectivity index (χ0n) is 20.2. The van der Waals surface area contributed by atoms with Gasteiger partial charge in [-0.2, -0.15) is 0 Å². The highest BCUT2D eigenvalue weighted by molar-refractivity contribution is 6.30. The van der Waals surface area contributed by atoms with Gasteiger partial charge >= 0.3 is 0 Å². The van der Waals surface area contributed by atoms with E-state index in [4.69, 9.17) is 16.3 Å². The minimum absolute atomic E-state index is 0.0752. The van der Waals surface area contributed by atoms with Gasteiger partial charge in [0.1, 0.15) is 22.2 Å². The monoisotopic (exact) mass is 523 g/mol. The first-order valence-corrected chi connectivity index (χ1v) is 10.9. The molecule has 3 rings (SSSR count). The molecule has 0 spiro atoms. The van der Waals surface area contributed by atoms with Gasteiger partial charge < -0.3 is 24.6 Å². The third-order valence-corrected chi connectivity index (χ3v) is 5.04. The highest BCUT2D eigenvalue weighted by atomic mass is 35.5. The van der Waals surface area contributed by atoms with Crippen molar-refractivity contribution in [1.82, 2.24) is 14.8 Å². The number of nitrogens with one attached hydrogen (secondary N) is 1. The van der Waals surface area contributed by atoms with E-state index >= 15 is 0 Å². The van der Waals surface area contributed by atoms with Crippen molar-refractivity contribution in [2.75, 3.05) is 26.8 Å². The van der Waals surface area contributed by atoms with Crippen LogP contribution in [0, 0.1) is 37.3 Å². The largest absolute Gasteiger partial charge is 0.503 e. The van der Waals surface area contributed by atoms with E-state index in [9.17, 15) is 28.3 Å². The Labute approximate surface area is 213 Å². The molecule has 0 saturated carbocycles. The van der Waals surface area contributed by atoms with Crippen LogP contribution in [0.2, 0.25) is 5.02 Å². The van der Waals surface area contributed by atoms with Gasteiger partial charge in [-0.15, -0.1) is 25.7 Å². The van der Waals surface area contributed by atoms with Crippen LogP contribution >= 0.6 is 11.6 Å². The van der Waals surface area contributed by atoms with E-state index in [2.05, 4.69) is 31.0 Å². The van der Waals surface area contributed by atoms with Crippen molar-refractivity contribution in [3.63, 3.8) is 0 Å². The fourth-order valence-electron chi connectivity index (χ4n) is 2.93. The van der Waals surface area contributed by atoms with Gasteiger partial charge in [0.2, 0.25) is 5.43 Å². The number of fused-ring (bicyclic) bond motifs is 1. The van der Waals surface area contributed by atoms with E-state index in [1.54, 1.807) is 0 Å². The average molecular weight is 524 g/mol. The van der Waals surface area contributed by atoms with Crippen molar-refractivity contribution in [3.05, 3.63) is 62.0 Å². The van der Waals surface area contributed by atoms with Gasteiger partial charge in [0.05, 0.1) is 0 Å². The molecule has 11 heteroatoms. The fraction of sp³-hybridized carbons (Fsp3) is 0.320. The van der Waals surface area contributed by atoms with Crippen molar-refractivity contribution >= 4 is 23.4 Å². The summed E-state index contributed by atoms with van der Waals surface area (Å²) in [5.41, 5.74) is -1.68. The van der Waals surface area contributed by atoms with Gasteiger partial charge in [0.15, 0.2) is 11.4 Å². The number of hydrogen-bond donors (Lipinski definition) is 2. The van der Waals surface area contributed by atoms with E-state index in [1.807, 2.05) is 13.8 Å². The van der Waals surface area contributed by atoms with E-state index < -0.39 is 45.2 Å². The van der Waals surface area contributed by atoms with Crippen LogP contribution in [0.1, 0.15) is 40.3 Å². The number of rotatable bonds is 5. The Kier molecular flexibility index (Phi) is 14.2. The van der Waals surface area contributed by atoms with E-state index in [1.165, 1.54) is 22.7 Å². The molecule has 1 aliphatic rings. The summed E-state index contributed by atoms with van der Waals surface area (Å²) in [7, 11) is 1.53. The molecule has 2 N–H and O–H groups in total. The summed E-state index contributed by atoms with van der Waals surface area (Å²) in [6.07, 6.45) is 17.2. The molecule has 0 fully saturated rings. The average Bonchev–Trinajstić information content (AvgIpc) is 2.89. The molecule has 0 radical (unpaired) electrons. The molecule has 2 heterocycles. The fourth-order valence-corrected chi connectivity index (χ4v) is 3.11. The molecule has 0 bridgehead atoms. The number of amides is 2. The number of pyridine rings is 1. The van der Waals surface area contributed by atoms with Crippen LogP contribution in [-0.4, -0.2) is 53.2 Å². The van der Waals surface area contributed by atoms with E-state index in [0.717, 1.165) is 25.3 Å². The third-order valence-electron chi connectivity index (χ3n) is 4.69. The first kappa shape index (κ1) is 32.1. The molecular formula is C25H28ClF2N3O5. The topological polar surface area (TPSA) is 101 Å². The Hall–Kier alpha value is -3.86. The zero-order valence-corrected chi connectivity index (χ0v) is 20.9. The van der Waals surface area contributed by atoms with Gasteiger partial charge in [-0.25, -0.2) is 8.78 Å². The zero-order chi connectivity index (χ0) is 28.0. The molecule has 194 valence electrons. The van der Waals surface area contributed by atoms with Crippen molar-refractivity contribution in [2.24, 2.45) is 0 Å². The van der Waals surface area contributed by atoms with Crippen LogP contribution < -0.4 is 10.7 Å². The number of aromatic hydroxyl groups is 1. The predicted molar refractivity (Wildman–Crippen MR) is 134 cm³/mol. The summed E-state index contributed by atoms with van der Waals surface area (Å²) in [6, 6.07) is 2.07. The maximum Gasteiger partial charge on any atom is 0.274 e. The van der Waals surface area contributed by atoms with Crippen LogP contribution in [0.25, 0.3) is 0 Å². The van der Waals surface area contributed by atoms with Gasteiger partial charge in [-0.1, -0.05) is 17.7 Å². The lowest BCUT2D eigenvalue weighted by Gasteiger charge is -2.27. The Balaban J connectivity index is 0.00000119. The Morgan fingerprint density at radius 2 is 1.72 bits per heavy atom.